The SMILES string of the molecule is CCC(CC)C(C)=CC#N. The second-order valence-electron chi connectivity index (χ2n) is 2.53. The predicted octanol–water partition coefficient (Wildman–Crippen LogP) is 2.89. The fourth-order valence-electron chi connectivity index (χ4n) is 1.15. The van der Waals surface area contributed by atoms with E-state index in [1.165, 1.54) is 5.57 Å². The van der Waals surface area contributed by atoms with Crippen molar-refractivity contribution >= 4 is 0 Å². The Labute approximate surface area is 63.4 Å². The Bertz CT molecular complexity index is 147. The highest BCUT2D eigenvalue weighted by Gasteiger charge is 2.03. The van der Waals surface area contributed by atoms with Crippen LogP contribution in [0.1, 0.15) is 33.6 Å². The fourth-order valence-corrected chi connectivity index (χ4v) is 1.15. The van der Waals surface area contributed by atoms with Gasteiger partial charge in [0.2, 0.25) is 0 Å². The zero-order chi connectivity index (χ0) is 7.98. The molecule has 0 aromatic carbocycles. The first-order chi connectivity index (χ1) is 4.76. The molecule has 0 aromatic rings. The lowest BCUT2D eigenvalue weighted by Crippen LogP contribution is -1.97. The molecule has 56 valence electrons. The van der Waals surface area contributed by atoms with Gasteiger partial charge < -0.3 is 0 Å². The van der Waals surface area contributed by atoms with Gasteiger partial charge in [-0.3, -0.25) is 0 Å². The van der Waals surface area contributed by atoms with Crippen molar-refractivity contribution < 1.29 is 0 Å². The molecule has 0 bridgehead atoms. The highest BCUT2D eigenvalue weighted by Crippen LogP contribution is 2.17. The number of hydrogen-bond donors (Lipinski definition) is 0. The van der Waals surface area contributed by atoms with Crippen molar-refractivity contribution in [2.24, 2.45) is 5.92 Å². The quantitative estimate of drug-likeness (QED) is 0.549. The molecule has 0 aliphatic rings. The van der Waals surface area contributed by atoms with E-state index in [1.807, 2.05) is 6.92 Å². The summed E-state index contributed by atoms with van der Waals surface area (Å²) < 4.78 is 0. The van der Waals surface area contributed by atoms with Crippen LogP contribution in [-0.4, -0.2) is 0 Å². The van der Waals surface area contributed by atoms with Crippen molar-refractivity contribution in [2.45, 2.75) is 33.6 Å². The Hall–Kier alpha value is -0.770. The number of hydrogen-bond acceptors (Lipinski definition) is 1. The van der Waals surface area contributed by atoms with E-state index in [4.69, 9.17) is 5.26 Å². The molecule has 0 saturated heterocycles. The molecule has 0 atom stereocenters. The van der Waals surface area contributed by atoms with Crippen LogP contribution >= 0.6 is 0 Å². The zero-order valence-electron chi connectivity index (χ0n) is 7.02. The number of rotatable bonds is 3. The van der Waals surface area contributed by atoms with Crippen molar-refractivity contribution in [3.8, 4) is 6.07 Å². The molecule has 0 N–H and O–H groups in total. The molecule has 0 unspecified atom stereocenters. The van der Waals surface area contributed by atoms with Crippen molar-refractivity contribution in [3.63, 3.8) is 0 Å². The Balaban J connectivity index is 4.04. The lowest BCUT2D eigenvalue weighted by Gasteiger charge is -2.10. The van der Waals surface area contributed by atoms with Gasteiger partial charge in [-0.2, -0.15) is 5.26 Å². The van der Waals surface area contributed by atoms with Crippen LogP contribution in [0, 0.1) is 17.2 Å². The summed E-state index contributed by atoms with van der Waals surface area (Å²) in [6, 6.07) is 2.05. The van der Waals surface area contributed by atoms with Crippen molar-refractivity contribution in [1.82, 2.24) is 0 Å². The van der Waals surface area contributed by atoms with E-state index in [-0.39, 0.29) is 0 Å². The number of allylic oxidation sites excluding steroid dienone is 2. The highest BCUT2D eigenvalue weighted by atomic mass is 14.2. The van der Waals surface area contributed by atoms with Gasteiger partial charge in [-0.05, 0) is 25.7 Å². The Morgan fingerprint density at radius 1 is 1.50 bits per heavy atom. The third kappa shape index (κ3) is 2.68. The van der Waals surface area contributed by atoms with Gasteiger partial charge in [0, 0.05) is 6.08 Å². The number of nitrogens with zero attached hydrogens (tertiary/aromatic N) is 1. The van der Waals surface area contributed by atoms with Crippen LogP contribution in [-0.2, 0) is 0 Å². The first kappa shape index (κ1) is 9.23. The maximum absolute atomic E-state index is 8.35. The minimum absolute atomic E-state index is 0.611. The van der Waals surface area contributed by atoms with E-state index in [1.54, 1.807) is 6.08 Å². The summed E-state index contributed by atoms with van der Waals surface area (Å²) in [6.07, 6.45) is 3.93. The van der Waals surface area contributed by atoms with E-state index >= 15 is 0 Å². The van der Waals surface area contributed by atoms with E-state index in [2.05, 4.69) is 19.9 Å². The van der Waals surface area contributed by atoms with Gasteiger partial charge in [-0.1, -0.05) is 19.4 Å². The second-order valence-corrected chi connectivity index (χ2v) is 2.53. The second kappa shape index (κ2) is 5.05. The summed E-state index contributed by atoms with van der Waals surface area (Å²) in [4.78, 5) is 0. The fraction of sp³-hybridized carbons (Fsp3) is 0.667. The molecule has 0 rings (SSSR count). The van der Waals surface area contributed by atoms with E-state index < -0.39 is 0 Å². The van der Waals surface area contributed by atoms with Crippen LogP contribution in [0.2, 0.25) is 0 Å². The molecule has 1 heteroatoms. The third-order valence-electron chi connectivity index (χ3n) is 1.92. The lowest BCUT2D eigenvalue weighted by molar-refractivity contribution is 0.572. The van der Waals surface area contributed by atoms with Crippen LogP contribution in [0.25, 0.3) is 0 Å². The van der Waals surface area contributed by atoms with Crippen LogP contribution in [0.3, 0.4) is 0 Å². The summed E-state index contributed by atoms with van der Waals surface area (Å²) in [5, 5.41) is 8.35. The first-order valence-electron chi connectivity index (χ1n) is 3.82. The van der Waals surface area contributed by atoms with E-state index in [0.29, 0.717) is 5.92 Å². The van der Waals surface area contributed by atoms with Gasteiger partial charge in [-0.25, -0.2) is 0 Å². The molecule has 0 amide bonds. The Morgan fingerprint density at radius 3 is 2.30 bits per heavy atom. The monoisotopic (exact) mass is 137 g/mol. The van der Waals surface area contributed by atoms with Gasteiger partial charge in [0.25, 0.3) is 0 Å². The first-order valence-corrected chi connectivity index (χ1v) is 3.82. The Morgan fingerprint density at radius 2 is 2.00 bits per heavy atom. The largest absolute Gasteiger partial charge is 0.193 e. The maximum Gasteiger partial charge on any atom is 0.0911 e. The standard InChI is InChI=1S/C9H15N/c1-4-9(5-2)8(3)6-7-10/h6,9H,4-5H2,1-3H3. The molecular weight excluding hydrogens is 122 g/mol. The summed E-state index contributed by atoms with van der Waals surface area (Å²) >= 11 is 0. The van der Waals surface area contributed by atoms with Gasteiger partial charge >= 0.3 is 0 Å². The summed E-state index contributed by atoms with van der Waals surface area (Å²) in [5.41, 5.74) is 1.22. The van der Waals surface area contributed by atoms with Gasteiger partial charge in [-0.15, -0.1) is 0 Å². The molecule has 0 radical (unpaired) electrons. The van der Waals surface area contributed by atoms with Crippen LogP contribution in [0.4, 0.5) is 0 Å². The van der Waals surface area contributed by atoms with E-state index in [9.17, 15) is 0 Å². The normalized spacial score (nSPS) is 11.7. The Kier molecular flexibility index (Phi) is 4.66. The molecule has 1 nitrogen and oxygen atoms in total. The van der Waals surface area contributed by atoms with Crippen molar-refractivity contribution in [2.75, 3.05) is 0 Å². The smallest absolute Gasteiger partial charge is 0.0911 e. The molecule has 0 fully saturated rings. The molecule has 0 aliphatic heterocycles. The van der Waals surface area contributed by atoms with Crippen molar-refractivity contribution in [1.29, 1.82) is 5.26 Å². The summed E-state index contributed by atoms with van der Waals surface area (Å²) in [5.74, 6) is 0.611. The summed E-state index contributed by atoms with van der Waals surface area (Å²) in [6.45, 7) is 6.34. The molecule has 0 spiro atoms. The minimum Gasteiger partial charge on any atom is -0.193 e. The third-order valence-corrected chi connectivity index (χ3v) is 1.92. The predicted molar refractivity (Wildman–Crippen MR) is 43.4 cm³/mol. The van der Waals surface area contributed by atoms with E-state index in [0.717, 1.165) is 12.8 Å². The number of nitriles is 1. The van der Waals surface area contributed by atoms with Crippen LogP contribution in [0.15, 0.2) is 11.6 Å². The maximum atomic E-state index is 8.35. The zero-order valence-corrected chi connectivity index (χ0v) is 7.02. The van der Waals surface area contributed by atoms with Crippen LogP contribution in [0.5, 0.6) is 0 Å². The van der Waals surface area contributed by atoms with Gasteiger partial charge in [0.1, 0.15) is 0 Å². The topological polar surface area (TPSA) is 23.8 Å². The molecule has 0 saturated carbocycles. The molecule has 0 aromatic heterocycles. The van der Waals surface area contributed by atoms with Crippen LogP contribution < -0.4 is 0 Å². The highest BCUT2D eigenvalue weighted by molar-refractivity contribution is 5.13. The van der Waals surface area contributed by atoms with Gasteiger partial charge in [0.05, 0.1) is 6.07 Å². The molecular formula is C9H15N. The average Bonchev–Trinajstić information content (AvgIpc) is 1.91. The minimum atomic E-state index is 0.611. The summed E-state index contributed by atoms with van der Waals surface area (Å²) in [7, 11) is 0. The molecule has 0 aliphatic carbocycles. The lowest BCUT2D eigenvalue weighted by atomic mass is 9.95. The van der Waals surface area contributed by atoms with Gasteiger partial charge in [0.15, 0.2) is 0 Å². The molecule has 10 heavy (non-hydrogen) atoms. The average molecular weight is 137 g/mol. The van der Waals surface area contributed by atoms with Crippen molar-refractivity contribution in [3.05, 3.63) is 11.6 Å². The molecule has 0 heterocycles.